The fourth-order valence-corrected chi connectivity index (χ4v) is 2.46. The third-order valence-corrected chi connectivity index (χ3v) is 6.64. The van der Waals surface area contributed by atoms with Crippen molar-refractivity contribution < 1.29 is 0 Å². The van der Waals surface area contributed by atoms with Crippen LogP contribution in [0.15, 0.2) is 0 Å². The maximum absolute atomic E-state index is 5.61. The highest BCUT2D eigenvalue weighted by molar-refractivity contribution is 9.12. The van der Waals surface area contributed by atoms with Crippen molar-refractivity contribution in [2.45, 2.75) is 9.65 Å². The summed E-state index contributed by atoms with van der Waals surface area (Å²) in [6.07, 6.45) is 0. The predicted molar refractivity (Wildman–Crippen MR) is 93.9 cm³/mol. The Kier molecular flexibility index (Phi) is 7.85. The summed E-state index contributed by atoms with van der Waals surface area (Å²) in [5.41, 5.74) is 11.2. The first-order chi connectivity index (χ1) is 8.96. The zero-order valence-corrected chi connectivity index (χ0v) is 16.3. The van der Waals surface area contributed by atoms with E-state index >= 15 is 0 Å². The Morgan fingerprint density at radius 2 is 1.32 bits per heavy atom. The highest BCUT2D eigenvalue weighted by Gasteiger charge is 2.18. The zero-order chi connectivity index (χ0) is 14.4. The number of nitrogen functional groups attached to an aromatic ring is 2. The second-order valence-corrected chi connectivity index (χ2v) is 7.64. The minimum Gasteiger partial charge on any atom is -0.368 e. The van der Waals surface area contributed by atoms with Crippen LogP contribution < -0.4 is 16.4 Å². The fraction of sp³-hybridized carbons (Fsp3) is 0.667. The largest absolute Gasteiger partial charge is 0.368 e. The molecule has 6 nitrogen and oxygen atoms in total. The molecule has 0 amide bonds. The summed E-state index contributed by atoms with van der Waals surface area (Å²) < 4.78 is 0. The van der Waals surface area contributed by atoms with Crippen LogP contribution in [0.3, 0.4) is 0 Å². The SMILES string of the molecule is Nc1nc(N)nc(N(C[C@H](Br)CBr)C[C@H](Br)CBr)n1. The molecule has 10 heteroatoms. The first kappa shape index (κ1) is 17.4. The smallest absolute Gasteiger partial charge is 0.232 e. The summed E-state index contributed by atoms with van der Waals surface area (Å²) in [6.45, 7) is 1.45. The molecule has 1 aromatic heterocycles. The van der Waals surface area contributed by atoms with E-state index in [1.54, 1.807) is 0 Å². The lowest BCUT2D eigenvalue weighted by atomic mass is 10.3. The molecule has 0 aliphatic carbocycles. The van der Waals surface area contributed by atoms with Gasteiger partial charge >= 0.3 is 0 Å². The van der Waals surface area contributed by atoms with Crippen molar-refractivity contribution in [3.8, 4) is 0 Å². The van der Waals surface area contributed by atoms with E-state index in [9.17, 15) is 0 Å². The van der Waals surface area contributed by atoms with Gasteiger partial charge in [-0.25, -0.2) is 0 Å². The van der Waals surface area contributed by atoms with Crippen LogP contribution in [0.25, 0.3) is 0 Å². The number of aromatic nitrogens is 3. The van der Waals surface area contributed by atoms with Crippen molar-refractivity contribution in [1.82, 2.24) is 15.0 Å². The minimum absolute atomic E-state index is 0.127. The van der Waals surface area contributed by atoms with Crippen LogP contribution in [0.2, 0.25) is 0 Å². The molecule has 0 saturated carbocycles. The van der Waals surface area contributed by atoms with E-state index in [1.165, 1.54) is 0 Å². The number of nitrogens with two attached hydrogens (primary N) is 2. The van der Waals surface area contributed by atoms with Crippen LogP contribution in [0.1, 0.15) is 0 Å². The maximum Gasteiger partial charge on any atom is 0.232 e. The molecule has 1 heterocycles. The van der Waals surface area contributed by atoms with Crippen LogP contribution in [0.4, 0.5) is 17.8 Å². The molecule has 0 radical (unpaired) electrons. The molecule has 108 valence electrons. The molecule has 0 bridgehead atoms. The number of halogens is 4. The molecule has 2 atom stereocenters. The Bertz CT molecular complexity index is 374. The lowest BCUT2D eigenvalue weighted by molar-refractivity contribution is 0.750. The van der Waals surface area contributed by atoms with Crippen LogP contribution in [0, 0.1) is 0 Å². The normalized spacial score (nSPS) is 14.1. The Morgan fingerprint density at radius 3 is 1.68 bits per heavy atom. The van der Waals surface area contributed by atoms with Crippen LogP contribution >= 0.6 is 63.7 Å². The lowest BCUT2D eigenvalue weighted by Gasteiger charge is -2.26. The van der Waals surface area contributed by atoms with Crippen molar-refractivity contribution >= 4 is 81.6 Å². The molecule has 0 aromatic carbocycles. The molecule has 19 heavy (non-hydrogen) atoms. The van der Waals surface area contributed by atoms with Crippen molar-refractivity contribution in [2.24, 2.45) is 0 Å². The molecule has 1 aromatic rings. The number of hydrogen-bond donors (Lipinski definition) is 2. The monoisotopic (exact) mass is 522 g/mol. The Hall–Kier alpha value is 0.330. The average Bonchev–Trinajstić information content (AvgIpc) is 2.36. The van der Waals surface area contributed by atoms with E-state index in [-0.39, 0.29) is 21.6 Å². The Morgan fingerprint density at radius 1 is 0.895 bits per heavy atom. The Labute approximate surface area is 145 Å². The van der Waals surface area contributed by atoms with E-state index in [0.29, 0.717) is 5.95 Å². The summed E-state index contributed by atoms with van der Waals surface area (Å²) in [4.78, 5) is 14.6. The highest BCUT2D eigenvalue weighted by atomic mass is 79.9. The molecule has 0 unspecified atom stereocenters. The lowest BCUT2D eigenvalue weighted by Crippen LogP contribution is -2.37. The van der Waals surface area contributed by atoms with Crippen molar-refractivity contribution in [2.75, 3.05) is 40.1 Å². The topological polar surface area (TPSA) is 93.9 Å². The van der Waals surface area contributed by atoms with Crippen molar-refractivity contribution in [3.63, 3.8) is 0 Å². The van der Waals surface area contributed by atoms with Gasteiger partial charge in [-0.3, -0.25) is 0 Å². The van der Waals surface area contributed by atoms with Gasteiger partial charge in [0, 0.05) is 33.4 Å². The van der Waals surface area contributed by atoms with E-state index in [4.69, 9.17) is 11.5 Å². The molecule has 4 N–H and O–H groups in total. The summed E-state index contributed by atoms with van der Waals surface area (Å²) in [5, 5.41) is 1.64. The van der Waals surface area contributed by atoms with Crippen molar-refractivity contribution in [3.05, 3.63) is 0 Å². The van der Waals surface area contributed by atoms with Crippen molar-refractivity contribution in [1.29, 1.82) is 0 Å². The van der Waals surface area contributed by atoms with Gasteiger partial charge in [-0.1, -0.05) is 63.7 Å². The summed E-state index contributed by atoms with van der Waals surface area (Å²) in [7, 11) is 0. The predicted octanol–water partition coefficient (Wildman–Crippen LogP) is 2.16. The molecule has 0 spiro atoms. The van der Waals surface area contributed by atoms with Crippen LogP contribution in [0.5, 0.6) is 0 Å². The number of anilines is 3. The molecule has 0 aliphatic rings. The van der Waals surface area contributed by atoms with E-state index in [2.05, 4.69) is 78.7 Å². The number of nitrogens with zero attached hydrogens (tertiary/aromatic N) is 4. The highest BCUT2D eigenvalue weighted by Crippen LogP contribution is 2.17. The number of hydrogen-bond acceptors (Lipinski definition) is 6. The molecule has 0 saturated heterocycles. The molecule has 0 aliphatic heterocycles. The quantitative estimate of drug-likeness (QED) is 0.530. The zero-order valence-electron chi connectivity index (χ0n) is 9.94. The maximum atomic E-state index is 5.61. The second kappa shape index (κ2) is 8.58. The molecular weight excluding hydrogens is 512 g/mol. The van der Waals surface area contributed by atoms with Gasteiger partial charge in [-0.15, -0.1) is 0 Å². The second-order valence-electron chi connectivity index (χ2n) is 3.76. The first-order valence-electron chi connectivity index (χ1n) is 5.38. The Balaban J connectivity index is 2.93. The number of alkyl halides is 4. The van der Waals surface area contributed by atoms with E-state index in [1.807, 2.05) is 4.90 Å². The third-order valence-electron chi connectivity index (χ3n) is 2.11. The molecule has 1 rings (SSSR count). The first-order valence-corrected chi connectivity index (χ1v) is 9.45. The van der Waals surface area contributed by atoms with E-state index < -0.39 is 0 Å². The van der Waals surface area contributed by atoms with Gasteiger partial charge in [-0.05, 0) is 0 Å². The van der Waals surface area contributed by atoms with Crippen LogP contribution in [-0.2, 0) is 0 Å². The molecular formula is C9H14Br4N6. The minimum atomic E-state index is 0.127. The van der Waals surface area contributed by atoms with Gasteiger partial charge in [-0.2, -0.15) is 15.0 Å². The van der Waals surface area contributed by atoms with E-state index in [0.717, 1.165) is 23.7 Å². The van der Waals surface area contributed by atoms with Gasteiger partial charge in [0.25, 0.3) is 0 Å². The fourth-order valence-electron chi connectivity index (χ4n) is 1.35. The average molecular weight is 526 g/mol. The van der Waals surface area contributed by atoms with Gasteiger partial charge in [0.15, 0.2) is 0 Å². The summed E-state index contributed by atoms with van der Waals surface area (Å²) in [6, 6.07) is 0. The molecule has 0 fully saturated rings. The summed E-state index contributed by atoms with van der Waals surface area (Å²) >= 11 is 14.0. The van der Waals surface area contributed by atoms with Gasteiger partial charge in [0.05, 0.1) is 0 Å². The number of rotatable bonds is 7. The van der Waals surface area contributed by atoms with Crippen LogP contribution in [-0.4, -0.2) is 48.4 Å². The third kappa shape index (κ3) is 6.09. The summed E-state index contributed by atoms with van der Waals surface area (Å²) in [5.74, 6) is 0.741. The van der Waals surface area contributed by atoms with Gasteiger partial charge in [0.1, 0.15) is 0 Å². The van der Waals surface area contributed by atoms with Gasteiger partial charge in [0.2, 0.25) is 17.8 Å². The van der Waals surface area contributed by atoms with Gasteiger partial charge < -0.3 is 16.4 Å². The standard InChI is InChI=1S/C9H14Br4N6/c10-1-5(12)3-19(4-6(13)2-11)9-17-7(14)16-8(15)18-9/h5-6H,1-4H2,(H4,14,15,16,17,18)/t5-,6-/m1/s1.